The van der Waals surface area contributed by atoms with Crippen molar-refractivity contribution in [1.82, 2.24) is 0 Å². The normalized spacial score (nSPS) is 11.8. The molecule has 0 saturated heterocycles. The maximum absolute atomic E-state index is 11.6. The van der Waals surface area contributed by atoms with Gasteiger partial charge in [-0.25, -0.2) is 0 Å². The van der Waals surface area contributed by atoms with Crippen molar-refractivity contribution in [1.29, 1.82) is 0 Å². The lowest BCUT2D eigenvalue weighted by Crippen LogP contribution is -2.25. The number of carbonyl (C=O) groups is 1. The van der Waals surface area contributed by atoms with E-state index in [1.165, 1.54) is 11.3 Å². The number of ether oxygens (including phenoxy) is 2. The predicted molar refractivity (Wildman–Crippen MR) is 70.2 cm³/mol. The van der Waals surface area contributed by atoms with Crippen LogP contribution in [0.3, 0.4) is 0 Å². The lowest BCUT2D eigenvalue weighted by molar-refractivity contribution is -0.00833. The van der Waals surface area contributed by atoms with Crippen LogP contribution in [0.15, 0.2) is 12.1 Å². The van der Waals surface area contributed by atoms with Gasteiger partial charge < -0.3 is 9.47 Å². The summed E-state index contributed by atoms with van der Waals surface area (Å²) in [6.07, 6.45) is 0.752. The third-order valence-electron chi connectivity index (χ3n) is 2.48. The molecule has 0 radical (unpaired) electrons. The molecule has 0 amide bonds. The summed E-state index contributed by atoms with van der Waals surface area (Å²) < 4.78 is 11.2. The Labute approximate surface area is 111 Å². The SMILES string of the molecule is COC(C)(C)CCOCC(=O)c1ccc(Cl)s1. The number of methoxy groups -OCH3 is 1. The molecule has 0 N–H and O–H groups in total. The number of halogens is 1. The number of hydrogen-bond acceptors (Lipinski definition) is 4. The van der Waals surface area contributed by atoms with Crippen LogP contribution in [0.25, 0.3) is 0 Å². The number of thiophene rings is 1. The Morgan fingerprint density at radius 2 is 2.18 bits per heavy atom. The fourth-order valence-corrected chi connectivity index (χ4v) is 2.09. The minimum atomic E-state index is -0.213. The van der Waals surface area contributed by atoms with E-state index in [0.29, 0.717) is 15.8 Å². The van der Waals surface area contributed by atoms with Crippen LogP contribution in [0.5, 0.6) is 0 Å². The first-order valence-electron chi connectivity index (χ1n) is 5.36. The van der Waals surface area contributed by atoms with Crippen molar-refractivity contribution in [3.63, 3.8) is 0 Å². The molecule has 1 heterocycles. The number of carbonyl (C=O) groups excluding carboxylic acids is 1. The van der Waals surface area contributed by atoms with E-state index in [4.69, 9.17) is 21.1 Å². The lowest BCUT2D eigenvalue weighted by atomic mass is 10.1. The molecule has 0 unspecified atom stereocenters. The van der Waals surface area contributed by atoms with Gasteiger partial charge in [-0.05, 0) is 32.4 Å². The van der Waals surface area contributed by atoms with E-state index < -0.39 is 0 Å². The first kappa shape index (κ1) is 14.6. The van der Waals surface area contributed by atoms with Crippen LogP contribution in [0.4, 0.5) is 0 Å². The fraction of sp³-hybridized carbons (Fsp3) is 0.583. The highest BCUT2D eigenvalue weighted by Gasteiger charge is 2.16. The Hall–Kier alpha value is -0.420. The third-order valence-corrected chi connectivity index (χ3v) is 3.75. The second-order valence-corrected chi connectivity index (χ2v) is 6.01. The van der Waals surface area contributed by atoms with E-state index in [1.54, 1.807) is 19.2 Å². The van der Waals surface area contributed by atoms with Gasteiger partial charge in [0.1, 0.15) is 6.61 Å². The van der Waals surface area contributed by atoms with E-state index in [9.17, 15) is 4.79 Å². The van der Waals surface area contributed by atoms with Crippen LogP contribution >= 0.6 is 22.9 Å². The maximum Gasteiger partial charge on any atom is 0.198 e. The van der Waals surface area contributed by atoms with Gasteiger partial charge >= 0.3 is 0 Å². The van der Waals surface area contributed by atoms with Gasteiger partial charge in [-0.15, -0.1) is 11.3 Å². The lowest BCUT2D eigenvalue weighted by Gasteiger charge is -2.22. The predicted octanol–water partition coefficient (Wildman–Crippen LogP) is 3.42. The summed E-state index contributed by atoms with van der Waals surface area (Å²) in [5.74, 6) is -0.0304. The van der Waals surface area contributed by atoms with E-state index in [1.807, 2.05) is 13.8 Å². The first-order chi connectivity index (χ1) is 7.94. The largest absolute Gasteiger partial charge is 0.379 e. The van der Waals surface area contributed by atoms with Crippen molar-refractivity contribution >= 4 is 28.7 Å². The van der Waals surface area contributed by atoms with Gasteiger partial charge in [-0.1, -0.05) is 11.6 Å². The molecule has 0 aliphatic rings. The highest BCUT2D eigenvalue weighted by atomic mass is 35.5. The van der Waals surface area contributed by atoms with Crippen LogP contribution in [0.1, 0.15) is 29.9 Å². The number of rotatable bonds is 7. The molecule has 1 aromatic rings. The molecule has 96 valence electrons. The Balaban J connectivity index is 2.26. The third kappa shape index (κ3) is 5.17. The summed E-state index contributed by atoms with van der Waals surface area (Å²) in [5.41, 5.74) is -0.213. The molecule has 3 nitrogen and oxygen atoms in total. The molecule has 0 aliphatic carbocycles. The molecule has 0 atom stereocenters. The molecule has 0 saturated carbocycles. The van der Waals surface area contributed by atoms with Crippen molar-refractivity contribution in [3.05, 3.63) is 21.3 Å². The molecule has 0 bridgehead atoms. The Morgan fingerprint density at radius 3 is 2.71 bits per heavy atom. The number of Topliss-reactive ketones (excluding diaryl/α,β-unsaturated/α-hetero) is 1. The highest BCUT2D eigenvalue weighted by molar-refractivity contribution is 7.18. The summed E-state index contributed by atoms with van der Waals surface area (Å²) in [4.78, 5) is 12.3. The summed E-state index contributed by atoms with van der Waals surface area (Å²) in [6, 6.07) is 3.44. The topological polar surface area (TPSA) is 35.5 Å². The minimum Gasteiger partial charge on any atom is -0.379 e. The second-order valence-electron chi connectivity index (χ2n) is 4.29. The molecule has 1 rings (SSSR count). The quantitative estimate of drug-likeness (QED) is 0.565. The van der Waals surface area contributed by atoms with Gasteiger partial charge in [0.05, 0.1) is 14.8 Å². The summed E-state index contributed by atoms with van der Waals surface area (Å²) >= 11 is 7.03. The zero-order valence-electron chi connectivity index (χ0n) is 10.3. The van der Waals surface area contributed by atoms with E-state index >= 15 is 0 Å². The molecule has 0 aromatic carbocycles. The molecule has 0 spiro atoms. The van der Waals surface area contributed by atoms with Gasteiger partial charge in [-0.3, -0.25) is 4.79 Å². The average molecular weight is 277 g/mol. The van der Waals surface area contributed by atoms with Crippen LogP contribution in [-0.2, 0) is 9.47 Å². The first-order valence-corrected chi connectivity index (χ1v) is 6.55. The van der Waals surface area contributed by atoms with Gasteiger partial charge in [0, 0.05) is 13.7 Å². The highest BCUT2D eigenvalue weighted by Crippen LogP contribution is 2.21. The van der Waals surface area contributed by atoms with Crippen LogP contribution in [-0.4, -0.2) is 31.7 Å². The summed E-state index contributed by atoms with van der Waals surface area (Å²) in [6.45, 7) is 4.57. The van der Waals surface area contributed by atoms with Crippen molar-refractivity contribution in [2.45, 2.75) is 25.9 Å². The average Bonchev–Trinajstić information content (AvgIpc) is 2.71. The summed E-state index contributed by atoms with van der Waals surface area (Å²) in [7, 11) is 1.67. The Kier molecular flexibility index (Phi) is 5.59. The van der Waals surface area contributed by atoms with Crippen LogP contribution in [0.2, 0.25) is 4.34 Å². The molecule has 0 fully saturated rings. The second kappa shape index (κ2) is 6.50. The van der Waals surface area contributed by atoms with Crippen LogP contribution < -0.4 is 0 Å². The van der Waals surface area contributed by atoms with E-state index in [-0.39, 0.29) is 18.0 Å². The molecule has 1 aromatic heterocycles. The van der Waals surface area contributed by atoms with E-state index in [0.717, 1.165) is 6.42 Å². The zero-order valence-corrected chi connectivity index (χ0v) is 11.9. The Morgan fingerprint density at radius 1 is 1.47 bits per heavy atom. The molecule has 0 aliphatic heterocycles. The van der Waals surface area contributed by atoms with Crippen molar-refractivity contribution in [3.8, 4) is 0 Å². The Bertz CT molecular complexity index is 374. The van der Waals surface area contributed by atoms with Gasteiger partial charge in [0.2, 0.25) is 0 Å². The minimum absolute atomic E-state index is 0.0304. The molecule has 17 heavy (non-hydrogen) atoms. The van der Waals surface area contributed by atoms with E-state index in [2.05, 4.69) is 0 Å². The van der Waals surface area contributed by atoms with Crippen molar-refractivity contribution in [2.24, 2.45) is 0 Å². The van der Waals surface area contributed by atoms with Gasteiger partial charge in [0.25, 0.3) is 0 Å². The van der Waals surface area contributed by atoms with Crippen molar-refractivity contribution < 1.29 is 14.3 Å². The molecular weight excluding hydrogens is 260 g/mol. The molecular formula is C12H17ClO3S. The van der Waals surface area contributed by atoms with Crippen molar-refractivity contribution in [2.75, 3.05) is 20.3 Å². The monoisotopic (exact) mass is 276 g/mol. The number of ketones is 1. The summed E-state index contributed by atoms with van der Waals surface area (Å²) in [5, 5.41) is 0. The fourth-order valence-electron chi connectivity index (χ4n) is 1.12. The van der Waals surface area contributed by atoms with Gasteiger partial charge in [-0.2, -0.15) is 0 Å². The molecule has 5 heteroatoms. The van der Waals surface area contributed by atoms with Gasteiger partial charge in [0.15, 0.2) is 5.78 Å². The van der Waals surface area contributed by atoms with Crippen LogP contribution in [0, 0.1) is 0 Å². The zero-order chi connectivity index (χ0) is 12.9. The number of hydrogen-bond donors (Lipinski definition) is 0. The smallest absolute Gasteiger partial charge is 0.198 e. The maximum atomic E-state index is 11.6. The standard InChI is InChI=1S/C12H17ClO3S/c1-12(2,15-3)6-7-16-8-9(14)10-4-5-11(13)17-10/h4-5H,6-8H2,1-3H3.